The van der Waals surface area contributed by atoms with E-state index in [2.05, 4.69) is 0 Å². The van der Waals surface area contributed by atoms with E-state index in [1.54, 1.807) is 0 Å². The second kappa shape index (κ2) is 6.05. The van der Waals surface area contributed by atoms with Crippen LogP contribution in [0.3, 0.4) is 0 Å². The topological polar surface area (TPSA) is 29.5 Å². The molecular formula is C13H22ClNO2. The van der Waals surface area contributed by atoms with Gasteiger partial charge < -0.3 is 9.64 Å². The van der Waals surface area contributed by atoms with Gasteiger partial charge in [0.2, 0.25) is 5.91 Å². The highest BCUT2D eigenvalue weighted by Crippen LogP contribution is 2.26. The summed E-state index contributed by atoms with van der Waals surface area (Å²) in [5.74, 6) is 1.69. The van der Waals surface area contributed by atoms with Crippen molar-refractivity contribution < 1.29 is 9.53 Å². The molecule has 3 nitrogen and oxygen atoms in total. The van der Waals surface area contributed by atoms with E-state index in [0.29, 0.717) is 17.7 Å². The zero-order chi connectivity index (χ0) is 12.3. The quantitative estimate of drug-likeness (QED) is 0.728. The maximum absolute atomic E-state index is 12.4. The number of alkyl halides is 1. The number of carbonyl (C=O) groups excluding carboxylic acids is 1. The summed E-state index contributed by atoms with van der Waals surface area (Å²) in [6, 6.07) is 0. The van der Waals surface area contributed by atoms with Gasteiger partial charge in [0.25, 0.3) is 0 Å². The molecule has 0 N–H and O–H groups in total. The summed E-state index contributed by atoms with van der Waals surface area (Å²) in [5, 5.41) is 0. The van der Waals surface area contributed by atoms with Crippen LogP contribution in [0.4, 0.5) is 0 Å². The van der Waals surface area contributed by atoms with Crippen molar-refractivity contribution in [1.29, 1.82) is 0 Å². The van der Waals surface area contributed by atoms with Gasteiger partial charge in [-0.3, -0.25) is 4.79 Å². The van der Waals surface area contributed by atoms with E-state index in [9.17, 15) is 4.79 Å². The Kier molecular flexibility index (Phi) is 4.69. The van der Waals surface area contributed by atoms with Crippen LogP contribution in [-0.2, 0) is 9.53 Å². The van der Waals surface area contributed by atoms with Crippen LogP contribution in [0.1, 0.15) is 32.6 Å². The Balaban J connectivity index is 1.90. The molecule has 4 heteroatoms. The average Bonchev–Trinajstić information content (AvgIpc) is 2.75. The molecular weight excluding hydrogens is 238 g/mol. The summed E-state index contributed by atoms with van der Waals surface area (Å²) >= 11 is 5.79. The Hall–Kier alpha value is -0.280. The predicted octanol–water partition coefficient (Wildman–Crippen LogP) is 2.28. The van der Waals surface area contributed by atoms with Crippen molar-refractivity contribution in [1.82, 2.24) is 4.90 Å². The molecule has 17 heavy (non-hydrogen) atoms. The van der Waals surface area contributed by atoms with Crippen LogP contribution in [0.25, 0.3) is 0 Å². The van der Waals surface area contributed by atoms with E-state index in [4.69, 9.17) is 16.3 Å². The van der Waals surface area contributed by atoms with Crippen LogP contribution in [0.5, 0.6) is 0 Å². The fourth-order valence-electron chi connectivity index (χ4n) is 2.95. The Bertz CT molecular complexity index is 270. The molecule has 0 saturated carbocycles. The number of halogens is 1. The molecule has 1 amide bonds. The van der Waals surface area contributed by atoms with Gasteiger partial charge in [-0.25, -0.2) is 0 Å². The van der Waals surface area contributed by atoms with E-state index in [1.165, 1.54) is 6.42 Å². The molecule has 2 heterocycles. The summed E-state index contributed by atoms with van der Waals surface area (Å²) in [7, 11) is 0. The number of rotatable bonds is 3. The van der Waals surface area contributed by atoms with Crippen molar-refractivity contribution in [3.05, 3.63) is 0 Å². The lowest BCUT2D eigenvalue weighted by atomic mass is 9.93. The first-order valence-electron chi connectivity index (χ1n) is 6.68. The number of hydrogen-bond acceptors (Lipinski definition) is 2. The van der Waals surface area contributed by atoms with Crippen LogP contribution in [0, 0.1) is 11.8 Å². The van der Waals surface area contributed by atoms with Crippen LogP contribution >= 0.6 is 11.6 Å². The SMILES string of the molecule is CC1OCCC1C(=O)N1CCCC(CCCl)C1. The van der Waals surface area contributed by atoms with Gasteiger partial charge in [-0.15, -0.1) is 11.6 Å². The highest BCUT2D eigenvalue weighted by atomic mass is 35.5. The number of piperidine rings is 1. The third-order valence-electron chi connectivity index (χ3n) is 4.04. The summed E-state index contributed by atoms with van der Waals surface area (Å²) in [6.45, 7) is 4.56. The third-order valence-corrected chi connectivity index (χ3v) is 4.26. The molecule has 2 fully saturated rings. The summed E-state index contributed by atoms with van der Waals surface area (Å²) in [6.07, 6.45) is 4.34. The molecule has 0 aromatic heterocycles. The molecule has 0 spiro atoms. The van der Waals surface area contributed by atoms with Gasteiger partial charge in [-0.1, -0.05) is 0 Å². The Morgan fingerprint density at radius 3 is 2.94 bits per heavy atom. The van der Waals surface area contributed by atoms with E-state index >= 15 is 0 Å². The molecule has 0 radical (unpaired) electrons. The number of hydrogen-bond donors (Lipinski definition) is 0. The van der Waals surface area contributed by atoms with Crippen LogP contribution in [0.2, 0.25) is 0 Å². The first-order valence-corrected chi connectivity index (χ1v) is 7.22. The molecule has 98 valence electrons. The van der Waals surface area contributed by atoms with Gasteiger partial charge in [0.1, 0.15) is 0 Å². The lowest BCUT2D eigenvalue weighted by molar-refractivity contribution is -0.138. The van der Waals surface area contributed by atoms with Crippen molar-refractivity contribution in [3.63, 3.8) is 0 Å². The lowest BCUT2D eigenvalue weighted by Crippen LogP contribution is -2.44. The molecule has 2 saturated heterocycles. The third kappa shape index (κ3) is 3.14. The molecule has 0 aliphatic carbocycles. The number of carbonyl (C=O) groups is 1. The fourth-order valence-corrected chi connectivity index (χ4v) is 3.25. The maximum atomic E-state index is 12.4. The van der Waals surface area contributed by atoms with Gasteiger partial charge in [-0.05, 0) is 38.5 Å². The summed E-state index contributed by atoms with van der Waals surface area (Å²) in [5.41, 5.74) is 0. The smallest absolute Gasteiger partial charge is 0.228 e. The zero-order valence-corrected chi connectivity index (χ0v) is 11.3. The van der Waals surface area contributed by atoms with Gasteiger partial charge in [0.05, 0.1) is 12.0 Å². The monoisotopic (exact) mass is 259 g/mol. The van der Waals surface area contributed by atoms with E-state index in [-0.39, 0.29) is 12.0 Å². The van der Waals surface area contributed by atoms with Crippen molar-refractivity contribution in [3.8, 4) is 0 Å². The maximum Gasteiger partial charge on any atom is 0.228 e. The van der Waals surface area contributed by atoms with Crippen LogP contribution in [0.15, 0.2) is 0 Å². The number of ether oxygens (including phenoxy) is 1. The first-order chi connectivity index (χ1) is 8.22. The summed E-state index contributed by atoms with van der Waals surface area (Å²) in [4.78, 5) is 14.4. The first kappa shape index (κ1) is 13.2. The standard InChI is InChI=1S/C13H22ClNO2/c1-10-12(5-8-17-10)13(16)15-7-2-3-11(9-15)4-6-14/h10-12H,2-9H2,1H3. The van der Waals surface area contributed by atoms with Crippen molar-refractivity contribution in [2.24, 2.45) is 11.8 Å². The minimum absolute atomic E-state index is 0.0877. The Labute approximate surface area is 108 Å². The van der Waals surface area contributed by atoms with Crippen LogP contribution < -0.4 is 0 Å². The second-order valence-electron chi connectivity index (χ2n) is 5.24. The molecule has 0 aromatic rings. The molecule has 3 unspecified atom stereocenters. The van der Waals surface area contributed by atoms with Crippen molar-refractivity contribution >= 4 is 17.5 Å². The number of nitrogens with zero attached hydrogens (tertiary/aromatic N) is 1. The molecule has 2 aliphatic heterocycles. The minimum atomic E-state index is 0.0877. The Morgan fingerprint density at radius 2 is 2.29 bits per heavy atom. The predicted molar refractivity (Wildman–Crippen MR) is 68.2 cm³/mol. The van der Waals surface area contributed by atoms with Gasteiger partial charge >= 0.3 is 0 Å². The van der Waals surface area contributed by atoms with Crippen molar-refractivity contribution in [2.75, 3.05) is 25.6 Å². The van der Waals surface area contributed by atoms with Gasteiger partial charge in [-0.2, -0.15) is 0 Å². The van der Waals surface area contributed by atoms with E-state index < -0.39 is 0 Å². The number of likely N-dealkylation sites (tertiary alicyclic amines) is 1. The highest BCUT2D eigenvalue weighted by molar-refractivity contribution is 6.17. The molecule has 0 aromatic carbocycles. The number of amides is 1. The second-order valence-corrected chi connectivity index (χ2v) is 5.62. The van der Waals surface area contributed by atoms with Gasteiger partial charge in [0, 0.05) is 25.6 Å². The molecule has 2 rings (SSSR count). The van der Waals surface area contributed by atoms with Gasteiger partial charge in [0.15, 0.2) is 0 Å². The molecule has 2 aliphatic rings. The van der Waals surface area contributed by atoms with E-state index in [1.807, 2.05) is 11.8 Å². The van der Waals surface area contributed by atoms with Crippen LogP contribution in [-0.4, -0.2) is 42.5 Å². The Morgan fingerprint density at radius 1 is 1.47 bits per heavy atom. The largest absolute Gasteiger partial charge is 0.378 e. The average molecular weight is 260 g/mol. The minimum Gasteiger partial charge on any atom is -0.378 e. The molecule has 0 bridgehead atoms. The highest BCUT2D eigenvalue weighted by Gasteiger charge is 2.35. The lowest BCUT2D eigenvalue weighted by Gasteiger charge is -2.34. The fraction of sp³-hybridized carbons (Fsp3) is 0.923. The molecule has 3 atom stereocenters. The van der Waals surface area contributed by atoms with E-state index in [0.717, 1.165) is 39.0 Å². The summed E-state index contributed by atoms with van der Waals surface area (Å²) < 4.78 is 5.48. The normalized spacial score (nSPS) is 34.0. The zero-order valence-electron chi connectivity index (χ0n) is 10.5. The van der Waals surface area contributed by atoms with Crippen molar-refractivity contribution in [2.45, 2.75) is 38.7 Å².